The first-order chi connectivity index (χ1) is 8.19. The molecule has 3 nitrogen and oxygen atoms in total. The Hall–Kier alpha value is -0.830. The molecule has 0 radical (unpaired) electrons. The second kappa shape index (κ2) is 7.49. The zero-order valence-electron chi connectivity index (χ0n) is 10.9. The van der Waals surface area contributed by atoms with E-state index in [2.05, 4.69) is 6.92 Å². The van der Waals surface area contributed by atoms with E-state index in [0.29, 0.717) is 0 Å². The molecule has 1 rings (SSSR count). The first-order valence-corrected chi connectivity index (χ1v) is 6.65. The molecule has 0 aliphatic heterocycles. The zero-order valence-corrected chi connectivity index (χ0v) is 10.9. The summed E-state index contributed by atoms with van der Waals surface area (Å²) in [5.74, 6) is -0.355. The Morgan fingerprint density at radius 2 is 2.35 bits per heavy atom. The fourth-order valence-corrected chi connectivity index (χ4v) is 2.32. The van der Waals surface area contributed by atoms with E-state index in [4.69, 9.17) is 4.74 Å². The van der Waals surface area contributed by atoms with Gasteiger partial charge in [0.05, 0.1) is 19.1 Å². The molecule has 1 aliphatic carbocycles. The third-order valence-electron chi connectivity index (χ3n) is 3.41. The van der Waals surface area contributed by atoms with E-state index in [-0.39, 0.29) is 18.0 Å². The van der Waals surface area contributed by atoms with Gasteiger partial charge in [0.1, 0.15) is 0 Å². The Kier molecular flexibility index (Phi) is 6.27. The van der Waals surface area contributed by atoms with Crippen LogP contribution in [-0.2, 0) is 9.53 Å². The van der Waals surface area contributed by atoms with Crippen molar-refractivity contribution in [1.82, 2.24) is 0 Å². The standard InChI is InChI=1S/C14H24O3/c1-3-4-7-12(14(16)17-2)10-11-8-5-6-9-13(11)15/h10,12-13,15H,3-9H2,1-2H3/b11-10+. The van der Waals surface area contributed by atoms with Crippen molar-refractivity contribution in [3.05, 3.63) is 11.6 Å². The number of carbonyl (C=O) groups is 1. The molecule has 0 amide bonds. The van der Waals surface area contributed by atoms with Crippen LogP contribution in [0.2, 0.25) is 0 Å². The molecule has 0 aromatic heterocycles. The summed E-state index contributed by atoms with van der Waals surface area (Å²) in [7, 11) is 1.43. The topological polar surface area (TPSA) is 46.5 Å². The van der Waals surface area contributed by atoms with Crippen molar-refractivity contribution in [2.45, 2.75) is 58.0 Å². The number of aliphatic hydroxyl groups excluding tert-OH is 1. The number of ether oxygens (including phenoxy) is 1. The summed E-state index contributed by atoms with van der Waals surface area (Å²) in [5, 5.41) is 9.88. The van der Waals surface area contributed by atoms with E-state index in [1.807, 2.05) is 6.08 Å². The number of esters is 1. The van der Waals surface area contributed by atoms with E-state index >= 15 is 0 Å². The molecule has 1 N–H and O–H groups in total. The van der Waals surface area contributed by atoms with Crippen LogP contribution in [0.25, 0.3) is 0 Å². The third kappa shape index (κ3) is 4.50. The molecule has 3 heteroatoms. The van der Waals surface area contributed by atoms with Gasteiger partial charge in [-0.3, -0.25) is 4.79 Å². The highest BCUT2D eigenvalue weighted by Gasteiger charge is 2.21. The predicted molar refractivity (Wildman–Crippen MR) is 67.6 cm³/mol. The highest BCUT2D eigenvalue weighted by atomic mass is 16.5. The van der Waals surface area contributed by atoms with Crippen LogP contribution < -0.4 is 0 Å². The highest BCUT2D eigenvalue weighted by molar-refractivity contribution is 5.74. The molecule has 0 spiro atoms. The molecule has 2 atom stereocenters. The predicted octanol–water partition coefficient (Wildman–Crippen LogP) is 2.83. The van der Waals surface area contributed by atoms with E-state index < -0.39 is 0 Å². The number of methoxy groups -OCH3 is 1. The van der Waals surface area contributed by atoms with Crippen LogP contribution >= 0.6 is 0 Å². The van der Waals surface area contributed by atoms with Crippen LogP contribution in [0, 0.1) is 5.92 Å². The van der Waals surface area contributed by atoms with Gasteiger partial charge in [-0.1, -0.05) is 32.3 Å². The molecule has 1 fully saturated rings. The molecule has 1 aliphatic rings. The summed E-state index contributed by atoms with van der Waals surface area (Å²) < 4.78 is 4.82. The largest absolute Gasteiger partial charge is 0.469 e. The zero-order chi connectivity index (χ0) is 12.7. The minimum Gasteiger partial charge on any atom is -0.469 e. The Labute approximate surface area is 104 Å². The number of unbranched alkanes of at least 4 members (excludes halogenated alkanes) is 1. The minimum atomic E-state index is -0.350. The molecular weight excluding hydrogens is 216 g/mol. The van der Waals surface area contributed by atoms with Gasteiger partial charge in [-0.15, -0.1) is 0 Å². The molecule has 0 bridgehead atoms. The maximum absolute atomic E-state index is 11.6. The maximum Gasteiger partial charge on any atom is 0.312 e. The van der Waals surface area contributed by atoms with Gasteiger partial charge in [-0.2, -0.15) is 0 Å². The smallest absolute Gasteiger partial charge is 0.312 e. The summed E-state index contributed by atoms with van der Waals surface area (Å²) in [6.07, 6.45) is 8.44. The summed E-state index contributed by atoms with van der Waals surface area (Å²) in [5.41, 5.74) is 1.03. The lowest BCUT2D eigenvalue weighted by Gasteiger charge is -2.22. The summed E-state index contributed by atoms with van der Waals surface area (Å²) >= 11 is 0. The molecular formula is C14H24O3. The molecule has 2 unspecified atom stereocenters. The Morgan fingerprint density at radius 1 is 1.59 bits per heavy atom. The summed E-state index contributed by atoms with van der Waals surface area (Å²) in [4.78, 5) is 11.6. The lowest BCUT2D eigenvalue weighted by Crippen LogP contribution is -2.20. The van der Waals surface area contributed by atoms with Crippen molar-refractivity contribution in [3.63, 3.8) is 0 Å². The van der Waals surface area contributed by atoms with Crippen LogP contribution in [0.1, 0.15) is 51.9 Å². The Balaban J connectivity index is 2.68. The molecule has 0 aromatic carbocycles. The number of hydrogen-bond acceptors (Lipinski definition) is 3. The average Bonchev–Trinajstić information content (AvgIpc) is 2.35. The average molecular weight is 240 g/mol. The summed E-state index contributed by atoms with van der Waals surface area (Å²) in [6.45, 7) is 2.11. The van der Waals surface area contributed by atoms with Crippen molar-refractivity contribution in [2.75, 3.05) is 7.11 Å². The highest BCUT2D eigenvalue weighted by Crippen LogP contribution is 2.26. The van der Waals surface area contributed by atoms with Crippen molar-refractivity contribution in [3.8, 4) is 0 Å². The van der Waals surface area contributed by atoms with Crippen molar-refractivity contribution < 1.29 is 14.6 Å². The minimum absolute atomic E-state index is 0.177. The van der Waals surface area contributed by atoms with Crippen LogP contribution in [-0.4, -0.2) is 24.3 Å². The lowest BCUT2D eigenvalue weighted by atomic mass is 9.88. The van der Waals surface area contributed by atoms with Gasteiger partial charge >= 0.3 is 5.97 Å². The molecule has 0 aromatic rings. The molecule has 17 heavy (non-hydrogen) atoms. The second-order valence-electron chi connectivity index (χ2n) is 4.78. The van der Waals surface area contributed by atoms with Crippen LogP contribution in [0.5, 0.6) is 0 Å². The van der Waals surface area contributed by atoms with Crippen LogP contribution in [0.15, 0.2) is 11.6 Å². The van der Waals surface area contributed by atoms with Gasteiger partial charge in [-0.05, 0) is 31.3 Å². The molecule has 0 saturated heterocycles. The van der Waals surface area contributed by atoms with Gasteiger partial charge in [0.15, 0.2) is 0 Å². The normalized spacial score (nSPS) is 24.6. The fraction of sp³-hybridized carbons (Fsp3) is 0.786. The number of rotatable bonds is 5. The van der Waals surface area contributed by atoms with Crippen molar-refractivity contribution in [2.24, 2.45) is 5.92 Å². The lowest BCUT2D eigenvalue weighted by molar-refractivity contribution is -0.144. The van der Waals surface area contributed by atoms with Gasteiger partial charge in [-0.25, -0.2) is 0 Å². The van der Waals surface area contributed by atoms with Crippen molar-refractivity contribution in [1.29, 1.82) is 0 Å². The fourth-order valence-electron chi connectivity index (χ4n) is 2.32. The molecule has 98 valence electrons. The van der Waals surface area contributed by atoms with E-state index in [0.717, 1.165) is 50.5 Å². The first-order valence-electron chi connectivity index (χ1n) is 6.65. The SMILES string of the molecule is CCCCC(/C=C1\CCCCC1O)C(=O)OC. The first kappa shape index (κ1) is 14.2. The number of aliphatic hydroxyl groups is 1. The molecule has 0 heterocycles. The van der Waals surface area contributed by atoms with Gasteiger partial charge in [0, 0.05) is 0 Å². The Bertz CT molecular complexity index is 271. The third-order valence-corrected chi connectivity index (χ3v) is 3.41. The number of hydrogen-bond donors (Lipinski definition) is 1. The van der Waals surface area contributed by atoms with Crippen LogP contribution in [0.4, 0.5) is 0 Å². The van der Waals surface area contributed by atoms with Gasteiger partial charge < -0.3 is 9.84 Å². The maximum atomic E-state index is 11.6. The van der Waals surface area contributed by atoms with E-state index in [1.165, 1.54) is 7.11 Å². The van der Waals surface area contributed by atoms with E-state index in [1.54, 1.807) is 0 Å². The van der Waals surface area contributed by atoms with Crippen molar-refractivity contribution >= 4 is 5.97 Å². The van der Waals surface area contributed by atoms with E-state index in [9.17, 15) is 9.90 Å². The number of carbonyl (C=O) groups excluding carboxylic acids is 1. The quantitative estimate of drug-likeness (QED) is 0.593. The van der Waals surface area contributed by atoms with Gasteiger partial charge in [0.2, 0.25) is 0 Å². The monoisotopic (exact) mass is 240 g/mol. The van der Waals surface area contributed by atoms with Gasteiger partial charge in [0.25, 0.3) is 0 Å². The van der Waals surface area contributed by atoms with Crippen LogP contribution in [0.3, 0.4) is 0 Å². The summed E-state index contributed by atoms with van der Waals surface area (Å²) in [6, 6.07) is 0. The Morgan fingerprint density at radius 3 is 2.94 bits per heavy atom. The second-order valence-corrected chi connectivity index (χ2v) is 4.78. The molecule has 1 saturated carbocycles.